The van der Waals surface area contributed by atoms with Crippen LogP contribution in [0.3, 0.4) is 0 Å². The average Bonchev–Trinajstić information content (AvgIpc) is 2.83. The second-order valence-electron chi connectivity index (χ2n) is 8.65. The van der Waals surface area contributed by atoms with Crippen molar-refractivity contribution in [3.05, 3.63) is 82.9 Å². The molecule has 0 bridgehead atoms. The van der Waals surface area contributed by atoms with Crippen LogP contribution in [-0.4, -0.2) is 40.9 Å². The predicted octanol–water partition coefficient (Wildman–Crippen LogP) is 4.57. The van der Waals surface area contributed by atoms with E-state index in [1.807, 2.05) is 0 Å². The fraction of sp³-hybridized carbons (Fsp3) is 0.143. The number of hydrogen-bond donors (Lipinski definition) is 8. The zero-order chi connectivity index (χ0) is 26.0. The quantitative estimate of drug-likeness (QED) is 0.175. The summed E-state index contributed by atoms with van der Waals surface area (Å²) < 4.78 is 0. The van der Waals surface area contributed by atoms with E-state index in [4.69, 9.17) is 0 Å². The molecule has 4 rings (SSSR count). The Morgan fingerprint density at radius 2 is 0.722 bits per heavy atom. The van der Waals surface area contributed by atoms with Gasteiger partial charge in [0.1, 0.15) is 11.5 Å². The van der Waals surface area contributed by atoms with E-state index >= 15 is 0 Å². The first-order chi connectivity index (χ1) is 17.1. The Morgan fingerprint density at radius 1 is 0.389 bits per heavy atom. The molecule has 0 saturated carbocycles. The monoisotopic (exact) mass is 490 g/mol. The molecule has 0 saturated heterocycles. The van der Waals surface area contributed by atoms with Crippen LogP contribution < -0.4 is 0 Å². The van der Waals surface area contributed by atoms with Gasteiger partial charge in [0.2, 0.25) is 0 Å². The second kappa shape index (κ2) is 9.87. The lowest BCUT2D eigenvalue weighted by molar-refractivity contribution is 0.367. The Balaban J connectivity index is 1.65. The third kappa shape index (κ3) is 5.17. The third-order valence-electron chi connectivity index (χ3n) is 6.09. The van der Waals surface area contributed by atoms with Gasteiger partial charge in [-0.25, -0.2) is 0 Å². The smallest absolute Gasteiger partial charge is 0.200 e. The van der Waals surface area contributed by atoms with E-state index < -0.39 is 34.5 Å². The molecule has 0 aliphatic carbocycles. The molecule has 0 heterocycles. The molecular weight excluding hydrogens is 464 g/mol. The highest BCUT2D eigenvalue weighted by atomic mass is 16.3. The van der Waals surface area contributed by atoms with Gasteiger partial charge in [0.25, 0.3) is 0 Å². The maximum Gasteiger partial charge on any atom is 0.200 e. The van der Waals surface area contributed by atoms with E-state index in [0.29, 0.717) is 36.8 Å². The minimum Gasteiger partial charge on any atom is -0.508 e. The van der Waals surface area contributed by atoms with E-state index in [9.17, 15) is 40.9 Å². The maximum absolute atomic E-state index is 10.1. The number of aromatic hydroxyl groups is 8. The van der Waals surface area contributed by atoms with E-state index in [0.717, 1.165) is 22.3 Å². The van der Waals surface area contributed by atoms with Gasteiger partial charge < -0.3 is 40.9 Å². The van der Waals surface area contributed by atoms with E-state index in [2.05, 4.69) is 0 Å². The minimum atomic E-state index is -0.583. The van der Waals surface area contributed by atoms with Crippen molar-refractivity contribution in [2.75, 3.05) is 0 Å². The predicted molar refractivity (Wildman–Crippen MR) is 133 cm³/mol. The molecule has 8 nitrogen and oxygen atoms in total. The summed E-state index contributed by atoms with van der Waals surface area (Å²) in [6.45, 7) is 0. The summed E-state index contributed by atoms with van der Waals surface area (Å²) in [6, 6.07) is 15.4. The lowest BCUT2D eigenvalue weighted by atomic mass is 9.90. The van der Waals surface area contributed by atoms with Crippen molar-refractivity contribution in [1.82, 2.24) is 0 Å². The van der Waals surface area contributed by atoms with Crippen molar-refractivity contribution in [2.45, 2.75) is 25.7 Å². The molecule has 0 aliphatic heterocycles. The largest absolute Gasteiger partial charge is 0.508 e. The van der Waals surface area contributed by atoms with E-state index in [-0.39, 0.29) is 11.5 Å². The van der Waals surface area contributed by atoms with Crippen LogP contribution in [0.5, 0.6) is 46.0 Å². The van der Waals surface area contributed by atoms with Gasteiger partial charge in [0.15, 0.2) is 34.5 Å². The van der Waals surface area contributed by atoms with Crippen molar-refractivity contribution in [3.8, 4) is 57.1 Å². The van der Waals surface area contributed by atoms with Crippen molar-refractivity contribution in [3.63, 3.8) is 0 Å². The molecule has 0 aliphatic rings. The van der Waals surface area contributed by atoms with Gasteiger partial charge >= 0.3 is 0 Å². The highest BCUT2D eigenvalue weighted by molar-refractivity contribution is 5.72. The van der Waals surface area contributed by atoms with Crippen molar-refractivity contribution >= 4 is 0 Å². The number of phenols is 8. The molecule has 8 heteroatoms. The molecule has 0 aromatic heterocycles. The molecule has 0 amide bonds. The van der Waals surface area contributed by atoms with Crippen LogP contribution in [0.4, 0.5) is 0 Å². The molecule has 0 radical (unpaired) electrons. The first kappa shape index (κ1) is 24.4. The van der Waals surface area contributed by atoms with Gasteiger partial charge in [-0.15, -0.1) is 0 Å². The molecule has 4 aromatic carbocycles. The molecule has 0 atom stereocenters. The molecular formula is C28H26O8. The summed E-state index contributed by atoms with van der Waals surface area (Å²) in [5, 5.41) is 78.6. The van der Waals surface area contributed by atoms with Gasteiger partial charge in [-0.2, -0.15) is 0 Å². The lowest BCUT2D eigenvalue weighted by Gasteiger charge is -2.16. The molecule has 36 heavy (non-hydrogen) atoms. The van der Waals surface area contributed by atoms with Crippen molar-refractivity contribution in [2.24, 2.45) is 0 Å². The first-order valence-electron chi connectivity index (χ1n) is 11.2. The van der Waals surface area contributed by atoms with Crippen LogP contribution in [0.25, 0.3) is 11.1 Å². The summed E-state index contributed by atoms with van der Waals surface area (Å²) in [7, 11) is 0. The molecule has 8 N–H and O–H groups in total. The summed E-state index contributed by atoms with van der Waals surface area (Å²) in [4.78, 5) is 0. The number of hydrogen-bond acceptors (Lipinski definition) is 8. The molecule has 186 valence electrons. The Morgan fingerprint density at radius 3 is 1.06 bits per heavy atom. The van der Waals surface area contributed by atoms with Gasteiger partial charge in [-0.3, -0.25) is 0 Å². The fourth-order valence-corrected chi connectivity index (χ4v) is 4.27. The number of phenolic OH excluding ortho intramolecular Hbond substituents is 8. The van der Waals surface area contributed by atoms with Gasteiger partial charge in [0, 0.05) is 0 Å². The van der Waals surface area contributed by atoms with Crippen molar-refractivity contribution in [1.29, 1.82) is 0 Å². The third-order valence-corrected chi connectivity index (χ3v) is 6.09. The Labute approximate surface area is 206 Å². The minimum absolute atomic E-state index is 0.0699. The van der Waals surface area contributed by atoms with Crippen LogP contribution in [0.15, 0.2) is 60.7 Å². The first-order valence-corrected chi connectivity index (χ1v) is 11.2. The average molecular weight is 491 g/mol. The van der Waals surface area contributed by atoms with E-state index in [1.165, 1.54) is 24.3 Å². The summed E-state index contributed by atoms with van der Waals surface area (Å²) in [5.41, 5.74) is 4.38. The number of benzene rings is 4. The van der Waals surface area contributed by atoms with Gasteiger partial charge in [0.05, 0.1) is 0 Å². The molecule has 4 aromatic rings. The molecule has 0 spiro atoms. The number of rotatable bonds is 7. The van der Waals surface area contributed by atoms with Crippen LogP contribution in [0, 0.1) is 0 Å². The SMILES string of the molecule is Oc1ccc(-c2ccc(O)cc2CCc2cc(O)c(O)c(O)c2)c(CCc2cc(O)c(O)c(O)c2)c1. The Hall–Kier alpha value is -4.72. The second-order valence-corrected chi connectivity index (χ2v) is 8.65. The standard InChI is InChI=1S/C28H26O8/c29-19-5-7-21(17(13-19)3-1-15-9-23(31)27(35)24(32)10-15)22-8-6-20(30)14-18(22)4-2-16-11-25(33)28(36)26(34)12-16/h5-14,29-36H,1-4H2. The maximum atomic E-state index is 10.1. The van der Waals surface area contributed by atoms with E-state index in [1.54, 1.807) is 36.4 Å². The topological polar surface area (TPSA) is 162 Å². The van der Waals surface area contributed by atoms with Crippen molar-refractivity contribution < 1.29 is 40.9 Å². The molecule has 0 unspecified atom stereocenters. The summed E-state index contributed by atoms with van der Waals surface area (Å²) in [5.74, 6) is -2.72. The normalized spacial score (nSPS) is 11.0. The highest BCUT2D eigenvalue weighted by Gasteiger charge is 2.15. The van der Waals surface area contributed by atoms with Crippen LogP contribution >= 0.6 is 0 Å². The van der Waals surface area contributed by atoms with Crippen LogP contribution in [-0.2, 0) is 25.7 Å². The van der Waals surface area contributed by atoms with Crippen LogP contribution in [0.1, 0.15) is 22.3 Å². The zero-order valence-electron chi connectivity index (χ0n) is 19.2. The molecule has 0 fully saturated rings. The lowest BCUT2D eigenvalue weighted by Crippen LogP contribution is -1.99. The van der Waals surface area contributed by atoms with Crippen LogP contribution in [0.2, 0.25) is 0 Å². The van der Waals surface area contributed by atoms with Gasteiger partial charge in [-0.05, 0) is 108 Å². The Kier molecular flexibility index (Phi) is 6.69. The zero-order valence-corrected chi connectivity index (χ0v) is 19.2. The summed E-state index contributed by atoms with van der Waals surface area (Å²) >= 11 is 0. The fourth-order valence-electron chi connectivity index (χ4n) is 4.27. The summed E-state index contributed by atoms with van der Waals surface area (Å²) in [6.07, 6.45) is 1.68. The number of aryl methyl sites for hydroxylation is 4. The Bertz CT molecular complexity index is 1270. The van der Waals surface area contributed by atoms with Gasteiger partial charge in [-0.1, -0.05) is 12.1 Å². The highest BCUT2D eigenvalue weighted by Crippen LogP contribution is 2.38.